The highest BCUT2D eigenvalue weighted by Crippen LogP contribution is 2.15. The molecular formula is C10H11F2O3. The molecule has 2 N–H and O–H groups in total. The molecular weight excluding hydrogens is 206 g/mol. The van der Waals surface area contributed by atoms with E-state index in [4.69, 9.17) is 10.2 Å². The van der Waals surface area contributed by atoms with Gasteiger partial charge in [-0.25, -0.2) is 13.9 Å². The summed E-state index contributed by atoms with van der Waals surface area (Å²) < 4.78 is 26.1. The van der Waals surface area contributed by atoms with Gasteiger partial charge in [0.15, 0.2) is 0 Å². The normalized spacial score (nSPS) is 15.0. The van der Waals surface area contributed by atoms with Crippen LogP contribution >= 0.6 is 0 Å². The summed E-state index contributed by atoms with van der Waals surface area (Å²) in [5.41, 5.74) is -0.356. The summed E-state index contributed by atoms with van der Waals surface area (Å²) >= 11 is 0. The molecule has 0 bridgehead atoms. The lowest BCUT2D eigenvalue weighted by molar-refractivity contribution is -0.0491. The summed E-state index contributed by atoms with van der Waals surface area (Å²) in [6.45, 7) is -0.718. The van der Waals surface area contributed by atoms with Crippen LogP contribution < -0.4 is 0 Å². The molecule has 0 aliphatic heterocycles. The van der Waals surface area contributed by atoms with Crippen molar-refractivity contribution < 1.29 is 24.1 Å². The molecule has 0 aliphatic rings. The highest BCUT2D eigenvalue weighted by molar-refractivity contribution is 5.20. The second kappa shape index (κ2) is 5.16. The van der Waals surface area contributed by atoms with Gasteiger partial charge in [-0.05, 0) is 12.1 Å². The van der Waals surface area contributed by atoms with Gasteiger partial charge in [0.25, 0.3) is 0 Å². The number of halogens is 2. The van der Waals surface area contributed by atoms with E-state index in [1.54, 1.807) is 0 Å². The maximum Gasteiger partial charge on any atom is 0.129 e. The van der Waals surface area contributed by atoms with Gasteiger partial charge in [-0.15, -0.1) is 0 Å². The molecule has 1 aromatic carbocycles. The minimum Gasteiger partial charge on any atom is -0.394 e. The maximum atomic E-state index is 13.1. The third-order valence-electron chi connectivity index (χ3n) is 2.08. The molecule has 1 aromatic rings. The van der Waals surface area contributed by atoms with Gasteiger partial charge < -0.3 is 10.2 Å². The predicted molar refractivity (Wildman–Crippen MR) is 47.6 cm³/mol. The number of benzene rings is 1. The molecule has 2 unspecified atom stereocenters. The van der Waals surface area contributed by atoms with Gasteiger partial charge in [0, 0.05) is 12.0 Å². The lowest BCUT2D eigenvalue weighted by Gasteiger charge is -2.13. The summed E-state index contributed by atoms with van der Waals surface area (Å²) in [7, 11) is 0. The average molecular weight is 217 g/mol. The Hall–Kier alpha value is -1.04. The molecule has 0 spiro atoms. The Labute approximate surface area is 85.6 Å². The third-order valence-corrected chi connectivity index (χ3v) is 2.08. The second-order valence-electron chi connectivity index (χ2n) is 3.19. The average Bonchev–Trinajstić information content (AvgIpc) is 2.22. The summed E-state index contributed by atoms with van der Waals surface area (Å²) in [6.07, 6.45) is -3.63. The lowest BCUT2D eigenvalue weighted by atomic mass is 10.0. The highest BCUT2D eigenvalue weighted by atomic mass is 19.1. The van der Waals surface area contributed by atoms with Crippen molar-refractivity contribution in [2.24, 2.45) is 0 Å². The van der Waals surface area contributed by atoms with Crippen LogP contribution in [0.2, 0.25) is 0 Å². The highest BCUT2D eigenvalue weighted by Gasteiger charge is 2.21. The minimum absolute atomic E-state index is 0.356. The Kier molecular flexibility index (Phi) is 4.14. The Bertz CT molecular complexity index is 310. The zero-order chi connectivity index (χ0) is 11.4. The van der Waals surface area contributed by atoms with Crippen molar-refractivity contribution in [3.8, 4) is 0 Å². The van der Waals surface area contributed by atoms with Gasteiger partial charge in [0.05, 0.1) is 6.61 Å². The van der Waals surface area contributed by atoms with Crippen molar-refractivity contribution in [3.63, 3.8) is 0 Å². The summed E-state index contributed by atoms with van der Waals surface area (Å²) in [6, 6.07) is 3.27. The topological polar surface area (TPSA) is 60.4 Å². The molecule has 2 atom stereocenters. The van der Waals surface area contributed by atoms with Crippen LogP contribution in [0.4, 0.5) is 8.78 Å². The monoisotopic (exact) mass is 217 g/mol. The molecule has 0 fully saturated rings. The van der Waals surface area contributed by atoms with Crippen LogP contribution in [0.1, 0.15) is 5.56 Å². The van der Waals surface area contributed by atoms with Crippen molar-refractivity contribution in [3.05, 3.63) is 35.4 Å². The maximum absolute atomic E-state index is 13.1. The van der Waals surface area contributed by atoms with Crippen molar-refractivity contribution in [2.45, 2.75) is 18.6 Å². The van der Waals surface area contributed by atoms with E-state index in [0.717, 1.165) is 12.1 Å². The smallest absolute Gasteiger partial charge is 0.129 e. The third kappa shape index (κ3) is 2.95. The van der Waals surface area contributed by atoms with Gasteiger partial charge >= 0.3 is 0 Å². The van der Waals surface area contributed by atoms with Crippen LogP contribution in [0.25, 0.3) is 0 Å². The number of aliphatic hydroxyl groups excluding tert-OH is 2. The van der Waals surface area contributed by atoms with Crippen molar-refractivity contribution >= 4 is 0 Å². The summed E-state index contributed by atoms with van der Waals surface area (Å²) in [5, 5.41) is 28.6. The zero-order valence-electron chi connectivity index (χ0n) is 7.86. The quantitative estimate of drug-likeness (QED) is 0.778. The van der Waals surface area contributed by atoms with E-state index in [1.165, 1.54) is 6.07 Å². The van der Waals surface area contributed by atoms with Crippen LogP contribution in [0, 0.1) is 11.6 Å². The fourth-order valence-corrected chi connectivity index (χ4v) is 1.18. The van der Waals surface area contributed by atoms with Gasteiger partial charge in [0.2, 0.25) is 0 Å². The Morgan fingerprint density at radius 2 is 1.80 bits per heavy atom. The zero-order valence-corrected chi connectivity index (χ0v) is 7.86. The number of hydrogen-bond acceptors (Lipinski definition) is 2. The molecule has 15 heavy (non-hydrogen) atoms. The van der Waals surface area contributed by atoms with Crippen LogP contribution in [0.3, 0.4) is 0 Å². The number of rotatable bonds is 4. The SMILES string of the molecule is [O]C(Cc1c(F)cccc1F)C(O)CO. The fraction of sp³-hybridized carbons (Fsp3) is 0.400. The Balaban J connectivity index is 2.80. The molecule has 0 saturated heterocycles. The van der Waals surface area contributed by atoms with Crippen LogP contribution in [0.15, 0.2) is 18.2 Å². The fourth-order valence-electron chi connectivity index (χ4n) is 1.18. The molecule has 3 nitrogen and oxygen atoms in total. The van der Waals surface area contributed by atoms with E-state index in [-0.39, 0.29) is 5.56 Å². The molecule has 1 rings (SSSR count). The molecule has 5 heteroatoms. The molecule has 0 saturated carbocycles. The van der Waals surface area contributed by atoms with Gasteiger partial charge in [-0.1, -0.05) is 6.07 Å². The van der Waals surface area contributed by atoms with Crippen molar-refractivity contribution in [1.29, 1.82) is 0 Å². The second-order valence-corrected chi connectivity index (χ2v) is 3.19. The van der Waals surface area contributed by atoms with Gasteiger partial charge in [-0.2, -0.15) is 0 Å². The first-order valence-corrected chi connectivity index (χ1v) is 4.44. The first kappa shape index (κ1) is 12.0. The minimum atomic E-state index is -1.64. The molecule has 0 aliphatic carbocycles. The van der Waals surface area contributed by atoms with Gasteiger partial charge in [0.1, 0.15) is 23.8 Å². The molecule has 0 aromatic heterocycles. The van der Waals surface area contributed by atoms with Crippen molar-refractivity contribution in [2.75, 3.05) is 6.61 Å². The summed E-state index contributed by atoms with van der Waals surface area (Å²) in [5.74, 6) is -1.64. The molecule has 0 amide bonds. The first-order valence-electron chi connectivity index (χ1n) is 4.44. The van der Waals surface area contributed by atoms with E-state index in [1.807, 2.05) is 0 Å². The van der Waals surface area contributed by atoms with E-state index < -0.39 is 36.9 Å². The van der Waals surface area contributed by atoms with Crippen molar-refractivity contribution in [1.82, 2.24) is 0 Å². The van der Waals surface area contributed by atoms with E-state index in [0.29, 0.717) is 0 Å². The van der Waals surface area contributed by atoms with E-state index in [9.17, 15) is 13.9 Å². The molecule has 83 valence electrons. The standard InChI is InChI=1S/C10H11F2O3/c11-7-2-1-3-8(12)6(7)4-9(14)10(15)5-13/h1-3,9-10,13,15H,4-5H2. The summed E-state index contributed by atoms with van der Waals surface area (Å²) in [4.78, 5) is 0. The molecule has 0 heterocycles. The number of aliphatic hydroxyl groups is 2. The molecule has 1 radical (unpaired) electrons. The van der Waals surface area contributed by atoms with Crippen LogP contribution in [-0.4, -0.2) is 29.0 Å². The van der Waals surface area contributed by atoms with Gasteiger partial charge in [-0.3, -0.25) is 0 Å². The number of hydrogen-bond donors (Lipinski definition) is 2. The van der Waals surface area contributed by atoms with Crippen LogP contribution in [0.5, 0.6) is 0 Å². The van der Waals surface area contributed by atoms with Crippen LogP contribution in [-0.2, 0) is 11.5 Å². The first-order chi connectivity index (χ1) is 7.06. The van der Waals surface area contributed by atoms with E-state index >= 15 is 0 Å². The Morgan fingerprint density at radius 1 is 1.27 bits per heavy atom. The Morgan fingerprint density at radius 3 is 2.27 bits per heavy atom. The predicted octanol–water partition coefficient (Wildman–Crippen LogP) is 0.660. The lowest BCUT2D eigenvalue weighted by Crippen LogP contribution is -2.30. The largest absolute Gasteiger partial charge is 0.394 e. The van der Waals surface area contributed by atoms with E-state index in [2.05, 4.69) is 0 Å².